The van der Waals surface area contributed by atoms with Crippen LogP contribution in [0, 0.1) is 0 Å². The summed E-state index contributed by atoms with van der Waals surface area (Å²) in [7, 11) is 1.69. The molecular weight excluding hydrogens is 304 g/mol. The van der Waals surface area contributed by atoms with Crippen LogP contribution in [0.1, 0.15) is 31.4 Å². The minimum atomic E-state index is 0.366. The van der Waals surface area contributed by atoms with Crippen LogP contribution in [0.15, 0.2) is 22.7 Å². The van der Waals surface area contributed by atoms with Crippen molar-refractivity contribution >= 4 is 15.9 Å². The number of hydrogen-bond acceptors (Lipinski definition) is 3. The normalized spacial score (nSPS) is 17.6. The first kappa shape index (κ1) is 14.8. The van der Waals surface area contributed by atoms with E-state index in [0.29, 0.717) is 6.04 Å². The number of halogens is 1. The van der Waals surface area contributed by atoms with E-state index in [1.807, 2.05) is 6.07 Å². The molecule has 1 fully saturated rings. The van der Waals surface area contributed by atoms with E-state index in [4.69, 9.17) is 4.74 Å². The van der Waals surface area contributed by atoms with Gasteiger partial charge in [-0.15, -0.1) is 0 Å². The Kier molecular flexibility index (Phi) is 5.67. The number of rotatable bonds is 6. The van der Waals surface area contributed by atoms with Gasteiger partial charge in [-0.1, -0.05) is 6.07 Å². The highest BCUT2D eigenvalue weighted by Crippen LogP contribution is 2.27. The van der Waals surface area contributed by atoms with Crippen LogP contribution in [0.3, 0.4) is 0 Å². The molecule has 1 aromatic rings. The molecule has 0 saturated carbocycles. The number of likely N-dealkylation sites (tertiary alicyclic amines) is 1. The molecule has 0 aliphatic carbocycles. The summed E-state index contributed by atoms with van der Waals surface area (Å²) in [4.78, 5) is 2.53. The fourth-order valence-corrected chi connectivity index (χ4v) is 3.07. The summed E-state index contributed by atoms with van der Waals surface area (Å²) in [5, 5.41) is 3.59. The number of methoxy groups -OCH3 is 1. The van der Waals surface area contributed by atoms with Gasteiger partial charge in [0.05, 0.1) is 11.6 Å². The molecule has 4 heteroatoms. The first-order chi connectivity index (χ1) is 9.20. The molecule has 0 amide bonds. The summed E-state index contributed by atoms with van der Waals surface area (Å²) in [6, 6.07) is 6.63. The quantitative estimate of drug-likeness (QED) is 0.868. The molecular formula is C15H23BrN2O. The molecule has 0 aromatic heterocycles. The van der Waals surface area contributed by atoms with Gasteiger partial charge in [-0.05, 0) is 66.5 Å². The second-order valence-corrected chi connectivity index (χ2v) is 5.97. The molecule has 3 nitrogen and oxygen atoms in total. The Morgan fingerprint density at radius 1 is 1.37 bits per heavy atom. The van der Waals surface area contributed by atoms with Gasteiger partial charge in [-0.25, -0.2) is 0 Å². The maximum Gasteiger partial charge on any atom is 0.133 e. The second kappa shape index (κ2) is 7.27. The molecule has 1 unspecified atom stereocenters. The van der Waals surface area contributed by atoms with E-state index < -0.39 is 0 Å². The number of hydrogen-bond donors (Lipinski definition) is 1. The van der Waals surface area contributed by atoms with E-state index in [9.17, 15) is 0 Å². The largest absolute Gasteiger partial charge is 0.496 e. The lowest BCUT2D eigenvalue weighted by Crippen LogP contribution is -2.31. The SMILES string of the molecule is COc1ccc(C(C)NCCN2CCCC2)cc1Br. The van der Waals surface area contributed by atoms with Crippen molar-refractivity contribution in [3.8, 4) is 5.75 Å². The van der Waals surface area contributed by atoms with E-state index in [2.05, 4.69) is 45.2 Å². The van der Waals surface area contributed by atoms with Gasteiger partial charge in [0, 0.05) is 19.1 Å². The van der Waals surface area contributed by atoms with E-state index in [1.165, 1.54) is 31.5 Å². The average molecular weight is 327 g/mol. The van der Waals surface area contributed by atoms with Crippen LogP contribution in [0.5, 0.6) is 5.75 Å². The molecule has 1 saturated heterocycles. The number of nitrogens with one attached hydrogen (secondary N) is 1. The van der Waals surface area contributed by atoms with Gasteiger partial charge >= 0.3 is 0 Å². The van der Waals surface area contributed by atoms with Crippen molar-refractivity contribution in [2.75, 3.05) is 33.3 Å². The summed E-state index contributed by atoms with van der Waals surface area (Å²) in [6.45, 7) is 6.94. The summed E-state index contributed by atoms with van der Waals surface area (Å²) in [5.74, 6) is 0.882. The highest BCUT2D eigenvalue weighted by atomic mass is 79.9. The van der Waals surface area contributed by atoms with Crippen molar-refractivity contribution in [1.82, 2.24) is 10.2 Å². The summed E-state index contributed by atoms with van der Waals surface area (Å²) in [6.07, 6.45) is 2.72. The Morgan fingerprint density at radius 3 is 2.74 bits per heavy atom. The van der Waals surface area contributed by atoms with Gasteiger partial charge in [0.15, 0.2) is 0 Å². The van der Waals surface area contributed by atoms with E-state index >= 15 is 0 Å². The Morgan fingerprint density at radius 2 is 2.11 bits per heavy atom. The molecule has 106 valence electrons. The van der Waals surface area contributed by atoms with Gasteiger partial charge in [0.2, 0.25) is 0 Å². The molecule has 1 N–H and O–H groups in total. The zero-order valence-electron chi connectivity index (χ0n) is 11.8. The minimum Gasteiger partial charge on any atom is -0.496 e. The smallest absolute Gasteiger partial charge is 0.133 e. The Balaban J connectivity index is 1.81. The lowest BCUT2D eigenvalue weighted by Gasteiger charge is -2.19. The van der Waals surface area contributed by atoms with Crippen LogP contribution >= 0.6 is 15.9 Å². The predicted octanol–water partition coefficient (Wildman–Crippen LogP) is 3.20. The first-order valence-corrected chi connectivity index (χ1v) is 7.79. The van der Waals surface area contributed by atoms with Crippen LogP contribution < -0.4 is 10.1 Å². The zero-order valence-corrected chi connectivity index (χ0v) is 13.4. The summed E-state index contributed by atoms with van der Waals surface area (Å²) in [5.41, 5.74) is 1.29. The molecule has 1 aliphatic rings. The number of nitrogens with zero attached hydrogens (tertiary/aromatic N) is 1. The van der Waals surface area contributed by atoms with Gasteiger partial charge in [-0.2, -0.15) is 0 Å². The fourth-order valence-electron chi connectivity index (χ4n) is 2.52. The van der Waals surface area contributed by atoms with Gasteiger partial charge in [0.1, 0.15) is 5.75 Å². The number of ether oxygens (including phenoxy) is 1. The molecule has 0 radical (unpaired) electrons. The van der Waals surface area contributed by atoms with Gasteiger partial charge in [0.25, 0.3) is 0 Å². The average Bonchev–Trinajstić information content (AvgIpc) is 2.91. The third kappa shape index (κ3) is 4.20. The lowest BCUT2D eigenvalue weighted by molar-refractivity contribution is 0.330. The third-order valence-corrected chi connectivity index (χ3v) is 4.37. The maximum atomic E-state index is 5.25. The van der Waals surface area contributed by atoms with Crippen molar-refractivity contribution in [1.29, 1.82) is 0 Å². The Hall–Kier alpha value is -0.580. The molecule has 1 aromatic carbocycles. The lowest BCUT2D eigenvalue weighted by atomic mass is 10.1. The zero-order chi connectivity index (χ0) is 13.7. The molecule has 2 rings (SSSR count). The van der Waals surface area contributed by atoms with Gasteiger partial charge < -0.3 is 15.0 Å². The monoisotopic (exact) mass is 326 g/mol. The van der Waals surface area contributed by atoms with E-state index in [0.717, 1.165) is 23.3 Å². The van der Waals surface area contributed by atoms with Crippen molar-refractivity contribution in [3.05, 3.63) is 28.2 Å². The molecule has 1 atom stereocenters. The molecule has 1 aliphatic heterocycles. The number of benzene rings is 1. The van der Waals surface area contributed by atoms with Gasteiger partial charge in [-0.3, -0.25) is 0 Å². The summed E-state index contributed by atoms with van der Waals surface area (Å²) < 4.78 is 6.27. The molecule has 0 spiro atoms. The predicted molar refractivity (Wildman–Crippen MR) is 82.8 cm³/mol. The standard InChI is InChI=1S/C15H23BrN2O/c1-12(17-7-10-18-8-3-4-9-18)13-5-6-15(19-2)14(16)11-13/h5-6,11-12,17H,3-4,7-10H2,1-2H3. The maximum absolute atomic E-state index is 5.25. The van der Waals surface area contributed by atoms with Crippen molar-refractivity contribution < 1.29 is 4.74 Å². The van der Waals surface area contributed by atoms with Crippen LogP contribution in [0.4, 0.5) is 0 Å². The molecule has 0 bridgehead atoms. The molecule has 1 heterocycles. The van der Waals surface area contributed by atoms with E-state index in [1.54, 1.807) is 7.11 Å². The van der Waals surface area contributed by atoms with Crippen molar-refractivity contribution in [2.45, 2.75) is 25.8 Å². The topological polar surface area (TPSA) is 24.5 Å². The van der Waals surface area contributed by atoms with E-state index in [-0.39, 0.29) is 0 Å². The Labute approximate surface area is 124 Å². The first-order valence-electron chi connectivity index (χ1n) is 7.00. The highest BCUT2D eigenvalue weighted by Gasteiger charge is 2.12. The van der Waals surface area contributed by atoms with Crippen molar-refractivity contribution in [3.63, 3.8) is 0 Å². The third-order valence-electron chi connectivity index (χ3n) is 3.75. The Bertz CT molecular complexity index is 405. The summed E-state index contributed by atoms with van der Waals surface area (Å²) >= 11 is 3.54. The van der Waals surface area contributed by atoms with Crippen LogP contribution in [0.25, 0.3) is 0 Å². The van der Waals surface area contributed by atoms with Crippen LogP contribution in [0.2, 0.25) is 0 Å². The fraction of sp³-hybridized carbons (Fsp3) is 0.600. The van der Waals surface area contributed by atoms with Crippen LogP contribution in [-0.4, -0.2) is 38.2 Å². The highest BCUT2D eigenvalue weighted by molar-refractivity contribution is 9.10. The second-order valence-electron chi connectivity index (χ2n) is 5.12. The molecule has 19 heavy (non-hydrogen) atoms. The van der Waals surface area contributed by atoms with Crippen LogP contribution in [-0.2, 0) is 0 Å². The van der Waals surface area contributed by atoms with Crippen molar-refractivity contribution in [2.24, 2.45) is 0 Å². The minimum absolute atomic E-state index is 0.366.